The molecule has 0 amide bonds. The highest BCUT2D eigenvalue weighted by molar-refractivity contribution is 5.69. The quantitative estimate of drug-likeness (QED) is 0.512. The monoisotopic (exact) mass is 206 g/mol. The van der Waals surface area contributed by atoms with E-state index in [2.05, 4.69) is 12.2 Å². The Morgan fingerprint density at radius 3 is 3.07 bits per heavy atom. The van der Waals surface area contributed by atoms with Crippen LogP contribution in [0.5, 0.6) is 0 Å². The molecule has 2 nitrogen and oxygen atoms in total. The highest BCUT2D eigenvalue weighted by atomic mass is 16.5. The maximum atomic E-state index is 11.3. The van der Waals surface area contributed by atoms with Crippen molar-refractivity contribution in [1.82, 2.24) is 0 Å². The minimum atomic E-state index is -0.0185. The van der Waals surface area contributed by atoms with E-state index in [1.165, 1.54) is 12.8 Å². The molecule has 0 aliphatic heterocycles. The number of carbonyl (C=O) groups excluding carboxylic acids is 1. The van der Waals surface area contributed by atoms with Crippen LogP contribution >= 0.6 is 0 Å². The van der Waals surface area contributed by atoms with Crippen LogP contribution in [0.25, 0.3) is 0 Å². The summed E-state index contributed by atoms with van der Waals surface area (Å²) in [4.78, 5) is 11.3. The molecule has 15 heavy (non-hydrogen) atoms. The van der Waals surface area contributed by atoms with Gasteiger partial charge in [0.1, 0.15) is 6.10 Å². The maximum absolute atomic E-state index is 11.3. The predicted molar refractivity (Wildman–Crippen MR) is 57.1 cm³/mol. The number of hydrogen-bond acceptors (Lipinski definition) is 2. The van der Waals surface area contributed by atoms with Crippen LogP contribution in [0.4, 0.5) is 0 Å². The molecule has 0 spiro atoms. The fourth-order valence-electron chi connectivity index (χ4n) is 3.88. The maximum Gasteiger partial charge on any atom is 0.305 e. The topological polar surface area (TPSA) is 26.3 Å². The minimum Gasteiger partial charge on any atom is -0.462 e. The highest BCUT2D eigenvalue weighted by Gasteiger charge is 2.53. The second-order valence-corrected chi connectivity index (χ2v) is 5.18. The second-order valence-electron chi connectivity index (χ2n) is 5.18. The molecule has 2 saturated carbocycles. The van der Waals surface area contributed by atoms with Gasteiger partial charge in [0.2, 0.25) is 0 Å². The Morgan fingerprint density at radius 1 is 1.40 bits per heavy atom. The fourth-order valence-corrected chi connectivity index (χ4v) is 3.88. The molecule has 2 fully saturated rings. The molecule has 5 atom stereocenters. The fraction of sp³-hybridized carbons (Fsp3) is 0.769. The molecule has 3 aliphatic carbocycles. The van der Waals surface area contributed by atoms with Gasteiger partial charge in [0.05, 0.1) is 0 Å². The molecule has 0 aromatic heterocycles. The summed E-state index contributed by atoms with van der Waals surface area (Å²) >= 11 is 0. The van der Waals surface area contributed by atoms with E-state index >= 15 is 0 Å². The first-order chi connectivity index (χ1) is 7.29. The lowest BCUT2D eigenvalue weighted by molar-refractivity contribution is -0.152. The van der Waals surface area contributed by atoms with E-state index in [-0.39, 0.29) is 12.1 Å². The summed E-state index contributed by atoms with van der Waals surface area (Å²) in [6.07, 6.45) is 9.09. The third-order valence-electron chi connectivity index (χ3n) is 4.51. The first-order valence-corrected chi connectivity index (χ1v) is 6.15. The second kappa shape index (κ2) is 3.36. The molecule has 2 heteroatoms. The molecule has 0 unspecified atom stereocenters. The van der Waals surface area contributed by atoms with Crippen LogP contribution < -0.4 is 0 Å². The van der Waals surface area contributed by atoms with E-state index in [1.54, 1.807) is 0 Å². The van der Waals surface area contributed by atoms with Gasteiger partial charge in [-0.15, -0.1) is 0 Å². The van der Waals surface area contributed by atoms with Gasteiger partial charge in [-0.25, -0.2) is 0 Å². The lowest BCUT2D eigenvalue weighted by atomic mass is 9.80. The Bertz CT molecular complexity index is 308. The van der Waals surface area contributed by atoms with Gasteiger partial charge >= 0.3 is 5.97 Å². The first kappa shape index (κ1) is 9.44. The van der Waals surface area contributed by atoms with Gasteiger partial charge in [0.15, 0.2) is 0 Å². The van der Waals surface area contributed by atoms with Crippen LogP contribution in [0.2, 0.25) is 0 Å². The van der Waals surface area contributed by atoms with Crippen molar-refractivity contribution < 1.29 is 9.53 Å². The van der Waals surface area contributed by atoms with Gasteiger partial charge in [-0.2, -0.15) is 0 Å². The normalized spacial score (nSPS) is 45.8. The Morgan fingerprint density at radius 2 is 2.27 bits per heavy atom. The molecule has 3 aliphatic rings. The third kappa shape index (κ3) is 1.34. The number of hydrogen-bond donors (Lipinski definition) is 0. The van der Waals surface area contributed by atoms with E-state index < -0.39 is 0 Å². The van der Waals surface area contributed by atoms with E-state index in [0.717, 1.165) is 24.2 Å². The van der Waals surface area contributed by atoms with Crippen molar-refractivity contribution in [3.8, 4) is 0 Å². The number of rotatable bonds is 2. The van der Waals surface area contributed by atoms with Gasteiger partial charge in [0, 0.05) is 6.42 Å². The zero-order chi connectivity index (χ0) is 10.4. The zero-order valence-corrected chi connectivity index (χ0v) is 9.19. The van der Waals surface area contributed by atoms with Crippen molar-refractivity contribution in [2.24, 2.45) is 23.7 Å². The highest BCUT2D eigenvalue weighted by Crippen LogP contribution is 2.57. The summed E-state index contributed by atoms with van der Waals surface area (Å²) in [5.41, 5.74) is 0. The van der Waals surface area contributed by atoms with Gasteiger partial charge in [-0.1, -0.05) is 19.1 Å². The van der Waals surface area contributed by atoms with Gasteiger partial charge < -0.3 is 4.74 Å². The van der Waals surface area contributed by atoms with Gasteiger partial charge in [-0.05, 0) is 42.9 Å². The molecule has 0 aromatic rings. The summed E-state index contributed by atoms with van der Waals surface area (Å²) in [6, 6.07) is 0. The van der Waals surface area contributed by atoms with Crippen LogP contribution in [-0.4, -0.2) is 12.1 Å². The average Bonchev–Trinajstić information content (AvgIpc) is 2.87. The number of ether oxygens (including phenoxy) is 1. The molecule has 0 aromatic carbocycles. The minimum absolute atomic E-state index is 0.0185. The lowest BCUT2D eigenvalue weighted by Gasteiger charge is -2.30. The standard InChI is InChI=1S/C13H18O2/c1-2-13(14)15-12-7-8-6-11(12)10-5-3-4-9(8)10/h3-4,8-12H,2,5-7H2,1H3/t8-,9-,10+,11+,12+/m0/s1. The van der Waals surface area contributed by atoms with Crippen molar-refractivity contribution in [2.75, 3.05) is 0 Å². The molecule has 0 N–H and O–H groups in total. The van der Waals surface area contributed by atoms with Crippen molar-refractivity contribution >= 4 is 5.97 Å². The molecular formula is C13H18O2. The van der Waals surface area contributed by atoms with Crippen molar-refractivity contribution in [3.63, 3.8) is 0 Å². The summed E-state index contributed by atoms with van der Waals surface area (Å²) in [5.74, 6) is 3.04. The van der Waals surface area contributed by atoms with E-state index in [0.29, 0.717) is 12.3 Å². The van der Waals surface area contributed by atoms with Crippen molar-refractivity contribution in [3.05, 3.63) is 12.2 Å². The average molecular weight is 206 g/mol. The molecular weight excluding hydrogens is 188 g/mol. The van der Waals surface area contributed by atoms with Crippen LogP contribution in [0.1, 0.15) is 32.6 Å². The molecule has 0 heterocycles. The number of allylic oxidation sites excluding steroid dienone is 2. The summed E-state index contributed by atoms with van der Waals surface area (Å²) in [6.45, 7) is 1.87. The van der Waals surface area contributed by atoms with Crippen LogP contribution in [0.15, 0.2) is 12.2 Å². The number of carbonyl (C=O) groups is 1. The van der Waals surface area contributed by atoms with Gasteiger partial charge in [0.25, 0.3) is 0 Å². The Labute approximate surface area is 90.7 Å². The largest absolute Gasteiger partial charge is 0.462 e. The predicted octanol–water partition coefficient (Wildman–Crippen LogP) is 2.54. The summed E-state index contributed by atoms with van der Waals surface area (Å²) in [7, 11) is 0. The Hall–Kier alpha value is -0.790. The smallest absolute Gasteiger partial charge is 0.305 e. The van der Waals surface area contributed by atoms with Gasteiger partial charge in [-0.3, -0.25) is 4.79 Å². The first-order valence-electron chi connectivity index (χ1n) is 6.15. The van der Waals surface area contributed by atoms with E-state index in [9.17, 15) is 4.79 Å². The van der Waals surface area contributed by atoms with Crippen LogP contribution in [-0.2, 0) is 9.53 Å². The third-order valence-corrected chi connectivity index (χ3v) is 4.51. The molecule has 0 saturated heterocycles. The summed E-state index contributed by atoms with van der Waals surface area (Å²) < 4.78 is 5.54. The molecule has 3 rings (SSSR count). The zero-order valence-electron chi connectivity index (χ0n) is 9.19. The Balaban J connectivity index is 1.69. The van der Waals surface area contributed by atoms with Crippen LogP contribution in [0, 0.1) is 23.7 Å². The Kier molecular flexibility index (Phi) is 2.11. The van der Waals surface area contributed by atoms with Crippen molar-refractivity contribution in [2.45, 2.75) is 38.7 Å². The van der Waals surface area contributed by atoms with E-state index in [4.69, 9.17) is 4.74 Å². The number of fused-ring (bicyclic) bond motifs is 5. The molecule has 2 bridgehead atoms. The lowest BCUT2D eigenvalue weighted by Crippen LogP contribution is -2.32. The number of esters is 1. The molecule has 82 valence electrons. The SMILES string of the molecule is CCC(=O)O[C@@H]1C[C@@H]2C[C@@H]1[C@@H]1CC=C[C@@H]21. The molecule has 0 radical (unpaired) electrons. The summed E-state index contributed by atoms with van der Waals surface area (Å²) in [5, 5.41) is 0. The van der Waals surface area contributed by atoms with E-state index in [1.807, 2.05) is 6.92 Å². The van der Waals surface area contributed by atoms with Crippen molar-refractivity contribution in [1.29, 1.82) is 0 Å². The van der Waals surface area contributed by atoms with Crippen LogP contribution in [0.3, 0.4) is 0 Å².